The number of rotatable bonds is 3. The maximum absolute atomic E-state index is 12.4. The van der Waals surface area contributed by atoms with E-state index >= 15 is 0 Å². The molecule has 23 heavy (non-hydrogen) atoms. The number of hydroxylamine groups is 1. The summed E-state index contributed by atoms with van der Waals surface area (Å²) in [4.78, 5) is 37.0. The largest absolute Gasteiger partial charge is 0.411 e. The monoisotopic (exact) mass is 339 g/mol. The molecule has 0 atom stereocenters. The molecule has 1 saturated heterocycles. The van der Waals surface area contributed by atoms with Crippen molar-refractivity contribution < 1.29 is 24.8 Å². The first-order valence-electron chi connectivity index (χ1n) is 6.75. The molecule has 122 valence electrons. The molecule has 0 spiro atoms. The number of nitrogens with one attached hydrogen (secondary N) is 1. The molecule has 9 heteroatoms. The van der Waals surface area contributed by atoms with Crippen molar-refractivity contribution >= 4 is 34.9 Å². The summed E-state index contributed by atoms with van der Waals surface area (Å²) in [6, 6.07) is 4.02. The number of Topliss-reactive ketones (excluding diaryl/α,β-unsaturated/α-hetero) is 1. The predicted molar refractivity (Wildman–Crippen MR) is 80.1 cm³/mol. The number of ketones is 1. The normalized spacial score (nSPS) is 14.3. The molecule has 0 bridgehead atoms. The average Bonchev–Trinajstić information content (AvgIpc) is 2.60. The molecule has 0 aliphatic carbocycles. The number of hydrogen-bond acceptors (Lipinski definition) is 6. The first-order valence-corrected chi connectivity index (χ1v) is 7.13. The Hall–Kier alpha value is -2.45. The standard InChI is InChI=1S/C14H14ClN3O5/c15-11-2-1-8(7-10(11)12(19)13(20)17-23)14(21)18-5-3-9(16-22)4-6-18/h1-2,7,22-23H,3-6H2,(H,17,20). The lowest BCUT2D eigenvalue weighted by atomic mass is 10.0. The van der Waals surface area contributed by atoms with Gasteiger partial charge < -0.3 is 10.1 Å². The Morgan fingerprint density at radius 3 is 2.43 bits per heavy atom. The number of halogens is 1. The minimum Gasteiger partial charge on any atom is -0.411 e. The molecule has 1 heterocycles. The van der Waals surface area contributed by atoms with Crippen LogP contribution in [0.15, 0.2) is 23.4 Å². The molecule has 3 N–H and O–H groups in total. The van der Waals surface area contributed by atoms with Crippen molar-refractivity contribution in [1.29, 1.82) is 0 Å². The summed E-state index contributed by atoms with van der Waals surface area (Å²) in [6.45, 7) is 0.780. The van der Waals surface area contributed by atoms with E-state index in [4.69, 9.17) is 22.0 Å². The Morgan fingerprint density at radius 1 is 1.22 bits per heavy atom. The lowest BCUT2D eigenvalue weighted by Crippen LogP contribution is -2.38. The highest BCUT2D eigenvalue weighted by Crippen LogP contribution is 2.20. The number of carbonyl (C=O) groups excluding carboxylic acids is 3. The van der Waals surface area contributed by atoms with Crippen LogP contribution in [-0.4, -0.2) is 51.7 Å². The zero-order chi connectivity index (χ0) is 17.0. The lowest BCUT2D eigenvalue weighted by molar-refractivity contribution is -0.124. The number of piperidine rings is 1. The molecule has 1 aliphatic rings. The fourth-order valence-electron chi connectivity index (χ4n) is 2.26. The molecule has 0 radical (unpaired) electrons. The first kappa shape index (κ1) is 16.9. The third kappa shape index (κ3) is 3.66. The van der Waals surface area contributed by atoms with E-state index in [-0.39, 0.29) is 22.1 Å². The van der Waals surface area contributed by atoms with Gasteiger partial charge in [0.25, 0.3) is 11.7 Å². The topological polar surface area (TPSA) is 119 Å². The summed E-state index contributed by atoms with van der Waals surface area (Å²) in [5.41, 5.74) is 1.89. The van der Waals surface area contributed by atoms with Gasteiger partial charge in [-0.25, -0.2) is 5.48 Å². The van der Waals surface area contributed by atoms with E-state index in [2.05, 4.69) is 5.16 Å². The van der Waals surface area contributed by atoms with Gasteiger partial charge in [0.1, 0.15) is 0 Å². The van der Waals surface area contributed by atoms with Crippen LogP contribution in [0, 0.1) is 0 Å². The minimum absolute atomic E-state index is 0.00324. The van der Waals surface area contributed by atoms with Crippen LogP contribution in [0.3, 0.4) is 0 Å². The Kier molecular flexibility index (Phi) is 5.30. The summed E-state index contributed by atoms with van der Waals surface area (Å²) in [7, 11) is 0. The van der Waals surface area contributed by atoms with Crippen molar-refractivity contribution in [1.82, 2.24) is 10.4 Å². The van der Waals surface area contributed by atoms with Crippen LogP contribution in [0.25, 0.3) is 0 Å². The van der Waals surface area contributed by atoms with E-state index in [1.807, 2.05) is 0 Å². The molecule has 0 unspecified atom stereocenters. The van der Waals surface area contributed by atoms with Crippen LogP contribution < -0.4 is 5.48 Å². The van der Waals surface area contributed by atoms with Crippen LogP contribution in [0.4, 0.5) is 0 Å². The van der Waals surface area contributed by atoms with Gasteiger partial charge in [-0.3, -0.25) is 19.6 Å². The number of hydrogen-bond donors (Lipinski definition) is 3. The van der Waals surface area contributed by atoms with Crippen LogP contribution in [0.5, 0.6) is 0 Å². The van der Waals surface area contributed by atoms with Crippen molar-refractivity contribution in [3.05, 3.63) is 34.3 Å². The fraction of sp³-hybridized carbons (Fsp3) is 0.286. The molecular weight excluding hydrogens is 326 g/mol. The summed E-state index contributed by atoms with van der Waals surface area (Å²) >= 11 is 5.87. The highest BCUT2D eigenvalue weighted by Gasteiger charge is 2.24. The number of nitrogens with zero attached hydrogens (tertiary/aromatic N) is 2. The molecule has 2 amide bonds. The third-order valence-corrected chi connectivity index (χ3v) is 3.86. The Labute approximate surface area is 136 Å². The van der Waals surface area contributed by atoms with Gasteiger partial charge in [-0.15, -0.1) is 0 Å². The molecule has 1 aliphatic heterocycles. The molecule has 1 fully saturated rings. The van der Waals surface area contributed by atoms with Gasteiger partial charge >= 0.3 is 5.91 Å². The average molecular weight is 340 g/mol. The molecule has 0 aromatic heterocycles. The minimum atomic E-state index is -1.24. The van der Waals surface area contributed by atoms with Gasteiger partial charge in [-0.1, -0.05) is 16.8 Å². The SMILES string of the molecule is O=C(NO)C(=O)c1cc(C(=O)N2CCC(=NO)CC2)ccc1Cl. The molecule has 2 rings (SSSR count). The lowest BCUT2D eigenvalue weighted by Gasteiger charge is -2.27. The highest BCUT2D eigenvalue weighted by atomic mass is 35.5. The number of oxime groups is 1. The molecule has 1 aromatic carbocycles. The van der Waals surface area contributed by atoms with E-state index in [0.29, 0.717) is 31.6 Å². The van der Waals surface area contributed by atoms with Crippen molar-refractivity contribution in [2.24, 2.45) is 5.16 Å². The van der Waals surface area contributed by atoms with Gasteiger partial charge in [0.15, 0.2) is 0 Å². The smallest absolute Gasteiger partial charge is 0.315 e. The highest BCUT2D eigenvalue weighted by molar-refractivity contribution is 6.46. The molecular formula is C14H14ClN3O5. The van der Waals surface area contributed by atoms with Crippen molar-refractivity contribution in [2.45, 2.75) is 12.8 Å². The fourth-order valence-corrected chi connectivity index (χ4v) is 2.46. The number of carbonyl (C=O) groups is 3. The zero-order valence-corrected chi connectivity index (χ0v) is 12.7. The van der Waals surface area contributed by atoms with E-state index in [0.717, 1.165) is 0 Å². The van der Waals surface area contributed by atoms with Gasteiger partial charge in [-0.2, -0.15) is 0 Å². The maximum Gasteiger partial charge on any atom is 0.315 e. The molecule has 8 nitrogen and oxygen atoms in total. The summed E-state index contributed by atoms with van der Waals surface area (Å²) in [5, 5.41) is 20.4. The molecule has 1 aromatic rings. The number of amides is 2. The van der Waals surface area contributed by atoms with E-state index < -0.39 is 11.7 Å². The van der Waals surface area contributed by atoms with Crippen molar-refractivity contribution in [3.63, 3.8) is 0 Å². The Bertz CT molecular complexity index is 679. The van der Waals surface area contributed by atoms with E-state index in [1.54, 1.807) is 4.90 Å². The second-order valence-corrected chi connectivity index (χ2v) is 5.33. The van der Waals surface area contributed by atoms with Crippen molar-refractivity contribution in [3.8, 4) is 0 Å². The van der Waals surface area contributed by atoms with E-state index in [9.17, 15) is 14.4 Å². The second kappa shape index (κ2) is 7.21. The van der Waals surface area contributed by atoms with Gasteiger partial charge in [0.05, 0.1) is 10.7 Å². The van der Waals surface area contributed by atoms with Gasteiger partial charge in [-0.05, 0) is 18.2 Å². The first-order chi connectivity index (χ1) is 11.0. The predicted octanol–water partition coefficient (Wildman–Crippen LogP) is 1.09. The zero-order valence-electron chi connectivity index (χ0n) is 12.0. The summed E-state index contributed by atoms with van der Waals surface area (Å²) in [5.74, 6) is -2.60. The number of benzene rings is 1. The van der Waals surface area contributed by atoms with Gasteiger partial charge in [0.2, 0.25) is 0 Å². The van der Waals surface area contributed by atoms with Crippen LogP contribution in [-0.2, 0) is 4.79 Å². The Balaban J connectivity index is 2.22. The van der Waals surface area contributed by atoms with Gasteiger partial charge in [0, 0.05) is 37.1 Å². The quantitative estimate of drug-likeness (QED) is 0.250. The maximum atomic E-state index is 12.4. The second-order valence-electron chi connectivity index (χ2n) is 4.92. The van der Waals surface area contributed by atoms with Crippen LogP contribution in [0.1, 0.15) is 33.6 Å². The molecule has 0 saturated carbocycles. The Morgan fingerprint density at radius 2 is 1.87 bits per heavy atom. The number of likely N-dealkylation sites (tertiary alicyclic amines) is 1. The van der Waals surface area contributed by atoms with Crippen LogP contribution in [0.2, 0.25) is 5.02 Å². The third-order valence-electron chi connectivity index (χ3n) is 3.53. The summed E-state index contributed by atoms with van der Waals surface area (Å²) in [6.07, 6.45) is 0.934. The van der Waals surface area contributed by atoms with E-state index in [1.165, 1.54) is 23.7 Å². The van der Waals surface area contributed by atoms with Crippen molar-refractivity contribution in [2.75, 3.05) is 13.1 Å². The van der Waals surface area contributed by atoms with Crippen LogP contribution >= 0.6 is 11.6 Å². The summed E-state index contributed by atoms with van der Waals surface area (Å²) < 4.78 is 0.